The minimum absolute atomic E-state index is 0.192. The van der Waals surface area contributed by atoms with Crippen molar-refractivity contribution in [2.24, 2.45) is 11.7 Å². The van der Waals surface area contributed by atoms with E-state index in [1.807, 2.05) is 11.8 Å². The van der Waals surface area contributed by atoms with Gasteiger partial charge in [0.05, 0.1) is 12.6 Å². The van der Waals surface area contributed by atoms with Gasteiger partial charge in [0.2, 0.25) is 5.91 Å². The maximum absolute atomic E-state index is 12.2. The van der Waals surface area contributed by atoms with E-state index in [0.29, 0.717) is 32.1 Å². The average molecular weight is 255 g/mol. The van der Waals surface area contributed by atoms with Gasteiger partial charge in [-0.1, -0.05) is 6.92 Å². The minimum atomic E-state index is -0.248. The summed E-state index contributed by atoms with van der Waals surface area (Å²) in [6.45, 7) is 5.75. The lowest BCUT2D eigenvalue weighted by Gasteiger charge is -2.36. The SMILES string of the molecule is CC1CN(C(=O)CN2CCC(N)CC2)CCC1O. The molecule has 0 bridgehead atoms. The maximum atomic E-state index is 12.2. The van der Waals surface area contributed by atoms with Crippen LogP contribution in [0.2, 0.25) is 0 Å². The Morgan fingerprint density at radius 1 is 1.28 bits per heavy atom. The van der Waals surface area contributed by atoms with Crippen LogP contribution >= 0.6 is 0 Å². The summed E-state index contributed by atoms with van der Waals surface area (Å²) in [6.07, 6.45) is 2.43. The predicted molar refractivity (Wildman–Crippen MR) is 70.0 cm³/mol. The lowest BCUT2D eigenvalue weighted by atomic mass is 9.96. The molecule has 104 valence electrons. The number of carbonyl (C=O) groups is 1. The highest BCUT2D eigenvalue weighted by Crippen LogP contribution is 2.17. The second-order valence-electron chi connectivity index (χ2n) is 5.79. The van der Waals surface area contributed by atoms with Gasteiger partial charge in [-0.2, -0.15) is 0 Å². The summed E-state index contributed by atoms with van der Waals surface area (Å²) in [5, 5.41) is 9.67. The van der Waals surface area contributed by atoms with Crippen molar-refractivity contribution in [3.05, 3.63) is 0 Å². The Morgan fingerprint density at radius 2 is 1.94 bits per heavy atom. The number of hydrogen-bond acceptors (Lipinski definition) is 4. The highest BCUT2D eigenvalue weighted by molar-refractivity contribution is 5.78. The number of amides is 1. The molecule has 0 aromatic rings. The predicted octanol–water partition coefficient (Wildman–Crippen LogP) is -0.361. The molecule has 0 aliphatic carbocycles. The number of likely N-dealkylation sites (tertiary alicyclic amines) is 2. The summed E-state index contributed by atoms with van der Waals surface area (Å²) < 4.78 is 0. The van der Waals surface area contributed by atoms with E-state index in [0.717, 1.165) is 25.9 Å². The van der Waals surface area contributed by atoms with Crippen LogP contribution in [-0.2, 0) is 4.79 Å². The number of aliphatic hydroxyl groups is 1. The van der Waals surface area contributed by atoms with Gasteiger partial charge in [-0.3, -0.25) is 9.69 Å². The van der Waals surface area contributed by atoms with Gasteiger partial charge < -0.3 is 15.7 Å². The minimum Gasteiger partial charge on any atom is -0.393 e. The Kier molecular flexibility index (Phi) is 4.59. The number of carbonyl (C=O) groups excluding carboxylic acids is 1. The summed E-state index contributed by atoms with van der Waals surface area (Å²) in [5.41, 5.74) is 5.85. The van der Waals surface area contributed by atoms with E-state index < -0.39 is 0 Å². The van der Waals surface area contributed by atoms with Crippen molar-refractivity contribution in [3.63, 3.8) is 0 Å². The molecule has 2 atom stereocenters. The zero-order valence-electron chi connectivity index (χ0n) is 11.2. The Labute approximate surface area is 109 Å². The molecule has 2 aliphatic heterocycles. The van der Waals surface area contributed by atoms with Crippen LogP contribution in [0.1, 0.15) is 26.2 Å². The lowest BCUT2D eigenvalue weighted by molar-refractivity contribution is -0.136. The third kappa shape index (κ3) is 3.43. The van der Waals surface area contributed by atoms with Crippen molar-refractivity contribution >= 4 is 5.91 Å². The van der Waals surface area contributed by atoms with Crippen LogP contribution in [0, 0.1) is 5.92 Å². The number of piperidine rings is 2. The molecule has 2 unspecified atom stereocenters. The van der Waals surface area contributed by atoms with E-state index in [1.165, 1.54) is 0 Å². The second-order valence-corrected chi connectivity index (χ2v) is 5.79. The van der Waals surface area contributed by atoms with Crippen LogP contribution < -0.4 is 5.73 Å². The van der Waals surface area contributed by atoms with E-state index in [9.17, 15) is 9.90 Å². The van der Waals surface area contributed by atoms with Gasteiger partial charge in [0, 0.05) is 32.2 Å². The Bertz CT molecular complexity index is 290. The molecule has 0 radical (unpaired) electrons. The van der Waals surface area contributed by atoms with Crippen molar-refractivity contribution in [2.45, 2.75) is 38.3 Å². The molecule has 2 aliphatic rings. The molecule has 5 nitrogen and oxygen atoms in total. The Morgan fingerprint density at radius 3 is 2.56 bits per heavy atom. The van der Waals surface area contributed by atoms with Crippen LogP contribution in [0.5, 0.6) is 0 Å². The van der Waals surface area contributed by atoms with Gasteiger partial charge in [0.25, 0.3) is 0 Å². The highest BCUT2D eigenvalue weighted by Gasteiger charge is 2.28. The van der Waals surface area contributed by atoms with Gasteiger partial charge in [0.15, 0.2) is 0 Å². The van der Waals surface area contributed by atoms with Gasteiger partial charge in [-0.05, 0) is 25.2 Å². The molecule has 2 heterocycles. The van der Waals surface area contributed by atoms with Crippen LogP contribution in [0.3, 0.4) is 0 Å². The molecule has 2 rings (SSSR count). The maximum Gasteiger partial charge on any atom is 0.236 e. The van der Waals surface area contributed by atoms with Crippen LogP contribution in [0.15, 0.2) is 0 Å². The van der Waals surface area contributed by atoms with E-state index in [-0.39, 0.29) is 17.9 Å². The fourth-order valence-electron chi connectivity index (χ4n) is 2.76. The Hall–Kier alpha value is -0.650. The van der Waals surface area contributed by atoms with E-state index in [4.69, 9.17) is 5.73 Å². The molecular formula is C13H25N3O2. The van der Waals surface area contributed by atoms with Crippen LogP contribution in [0.4, 0.5) is 0 Å². The van der Waals surface area contributed by atoms with Crippen LogP contribution in [0.25, 0.3) is 0 Å². The standard InChI is InChI=1S/C13H25N3O2/c1-10-8-16(7-4-12(10)17)13(18)9-15-5-2-11(14)3-6-15/h10-12,17H,2-9,14H2,1H3. The molecule has 1 amide bonds. The number of hydrogen-bond donors (Lipinski definition) is 2. The number of aliphatic hydroxyl groups excluding tert-OH is 1. The third-order valence-electron chi connectivity index (χ3n) is 4.20. The van der Waals surface area contributed by atoms with Gasteiger partial charge >= 0.3 is 0 Å². The van der Waals surface area contributed by atoms with Crippen molar-refractivity contribution in [1.29, 1.82) is 0 Å². The fourth-order valence-corrected chi connectivity index (χ4v) is 2.76. The molecule has 0 aromatic carbocycles. The quantitative estimate of drug-likeness (QED) is 0.707. The van der Waals surface area contributed by atoms with E-state index in [2.05, 4.69) is 4.90 Å². The number of nitrogens with two attached hydrogens (primary N) is 1. The van der Waals surface area contributed by atoms with Gasteiger partial charge in [0.1, 0.15) is 0 Å². The molecule has 18 heavy (non-hydrogen) atoms. The molecular weight excluding hydrogens is 230 g/mol. The lowest BCUT2D eigenvalue weighted by Crippen LogP contribution is -2.50. The van der Waals surface area contributed by atoms with Gasteiger partial charge in [-0.25, -0.2) is 0 Å². The molecule has 0 spiro atoms. The van der Waals surface area contributed by atoms with Crippen molar-refractivity contribution in [1.82, 2.24) is 9.80 Å². The molecule has 3 N–H and O–H groups in total. The van der Waals surface area contributed by atoms with Crippen molar-refractivity contribution in [3.8, 4) is 0 Å². The van der Waals surface area contributed by atoms with E-state index in [1.54, 1.807) is 0 Å². The molecule has 0 saturated carbocycles. The third-order valence-corrected chi connectivity index (χ3v) is 4.20. The first-order valence-electron chi connectivity index (χ1n) is 7.00. The fraction of sp³-hybridized carbons (Fsp3) is 0.923. The molecule has 0 aromatic heterocycles. The summed E-state index contributed by atoms with van der Waals surface area (Å²) in [4.78, 5) is 16.3. The highest BCUT2D eigenvalue weighted by atomic mass is 16.3. The smallest absolute Gasteiger partial charge is 0.236 e. The Balaban J connectivity index is 1.78. The largest absolute Gasteiger partial charge is 0.393 e. The average Bonchev–Trinajstić information content (AvgIpc) is 2.35. The van der Waals surface area contributed by atoms with Crippen LogP contribution in [-0.4, -0.2) is 65.7 Å². The zero-order valence-corrected chi connectivity index (χ0v) is 11.2. The summed E-state index contributed by atoms with van der Waals surface area (Å²) in [6, 6.07) is 0.307. The van der Waals surface area contributed by atoms with Gasteiger partial charge in [-0.15, -0.1) is 0 Å². The molecule has 2 fully saturated rings. The molecule has 2 saturated heterocycles. The normalized spacial score (nSPS) is 31.6. The first kappa shape index (κ1) is 13.8. The molecule has 5 heteroatoms. The number of nitrogens with zero attached hydrogens (tertiary/aromatic N) is 2. The summed E-state index contributed by atoms with van der Waals surface area (Å²) in [7, 11) is 0. The summed E-state index contributed by atoms with van der Waals surface area (Å²) >= 11 is 0. The topological polar surface area (TPSA) is 69.8 Å². The monoisotopic (exact) mass is 255 g/mol. The van der Waals surface area contributed by atoms with Crippen molar-refractivity contribution < 1.29 is 9.90 Å². The van der Waals surface area contributed by atoms with Crippen molar-refractivity contribution in [2.75, 3.05) is 32.7 Å². The first-order valence-corrected chi connectivity index (χ1v) is 7.00. The summed E-state index contributed by atoms with van der Waals surface area (Å²) in [5.74, 6) is 0.390. The second kappa shape index (κ2) is 5.99. The number of rotatable bonds is 2. The first-order chi connectivity index (χ1) is 8.56. The van der Waals surface area contributed by atoms with E-state index >= 15 is 0 Å². The zero-order chi connectivity index (χ0) is 13.1.